The van der Waals surface area contributed by atoms with Crippen LogP contribution < -0.4 is 0 Å². The molecule has 1 rings (SSSR count). The fraction of sp³-hybridized carbons (Fsp3) is 0.429. The summed E-state index contributed by atoms with van der Waals surface area (Å²) in [7, 11) is 0. The number of alkyl halides is 1. The van der Waals surface area contributed by atoms with Gasteiger partial charge in [0.05, 0.1) is 0 Å². The number of hydrogen-bond donors (Lipinski definition) is 0. The Morgan fingerprint density at radius 2 is 1.73 bits per heavy atom. The lowest BCUT2D eigenvalue weighted by molar-refractivity contribution is 1.12. The standard InChI is InChI=1S/C14H19Br/c1-5-13(9-15)8-14-7-11(3)10(2)6-12(14)4/h6-8H,5,9H2,1-4H3. The van der Waals surface area contributed by atoms with Gasteiger partial charge in [0.25, 0.3) is 0 Å². The van der Waals surface area contributed by atoms with Crippen molar-refractivity contribution in [1.29, 1.82) is 0 Å². The molecule has 0 fully saturated rings. The normalized spacial score (nSPS) is 11.9. The van der Waals surface area contributed by atoms with E-state index in [0.717, 1.165) is 11.8 Å². The first-order valence-electron chi connectivity index (χ1n) is 5.41. The molecule has 0 aliphatic heterocycles. The van der Waals surface area contributed by atoms with Gasteiger partial charge >= 0.3 is 0 Å². The first kappa shape index (κ1) is 12.5. The van der Waals surface area contributed by atoms with E-state index in [9.17, 15) is 0 Å². The van der Waals surface area contributed by atoms with Crippen molar-refractivity contribution in [2.45, 2.75) is 34.1 Å². The number of benzene rings is 1. The van der Waals surface area contributed by atoms with E-state index in [0.29, 0.717) is 0 Å². The summed E-state index contributed by atoms with van der Waals surface area (Å²) in [5.41, 5.74) is 6.92. The van der Waals surface area contributed by atoms with E-state index >= 15 is 0 Å². The van der Waals surface area contributed by atoms with E-state index in [-0.39, 0.29) is 0 Å². The highest BCUT2D eigenvalue weighted by atomic mass is 79.9. The summed E-state index contributed by atoms with van der Waals surface area (Å²) in [5.74, 6) is 0. The van der Waals surface area contributed by atoms with Gasteiger partial charge in [-0.3, -0.25) is 0 Å². The third-order valence-electron chi connectivity index (χ3n) is 2.87. The molecule has 0 radical (unpaired) electrons. The molecule has 1 heteroatoms. The maximum atomic E-state index is 3.52. The van der Waals surface area contributed by atoms with E-state index < -0.39 is 0 Å². The zero-order chi connectivity index (χ0) is 11.4. The predicted molar refractivity (Wildman–Crippen MR) is 72.7 cm³/mol. The molecule has 0 saturated carbocycles. The van der Waals surface area contributed by atoms with Crippen LogP contribution in [0.25, 0.3) is 6.08 Å². The fourth-order valence-corrected chi connectivity index (χ4v) is 2.15. The number of allylic oxidation sites excluding steroid dienone is 1. The van der Waals surface area contributed by atoms with Crippen LogP contribution in [0.4, 0.5) is 0 Å². The Hall–Kier alpha value is -0.560. The van der Waals surface area contributed by atoms with Crippen LogP contribution in [-0.4, -0.2) is 5.33 Å². The van der Waals surface area contributed by atoms with Crippen molar-refractivity contribution in [3.63, 3.8) is 0 Å². The van der Waals surface area contributed by atoms with Crippen LogP contribution in [0.5, 0.6) is 0 Å². The highest BCUT2D eigenvalue weighted by Crippen LogP contribution is 2.19. The lowest BCUT2D eigenvalue weighted by Crippen LogP contribution is -1.89. The van der Waals surface area contributed by atoms with Gasteiger partial charge in [0.2, 0.25) is 0 Å². The monoisotopic (exact) mass is 266 g/mol. The Labute approximate surface area is 102 Å². The van der Waals surface area contributed by atoms with Crippen molar-refractivity contribution >= 4 is 22.0 Å². The highest BCUT2D eigenvalue weighted by molar-refractivity contribution is 9.09. The molecule has 82 valence electrons. The summed E-state index contributed by atoms with van der Waals surface area (Å²) in [5, 5.41) is 0.968. The van der Waals surface area contributed by atoms with Crippen molar-refractivity contribution in [3.8, 4) is 0 Å². The molecule has 1 aromatic carbocycles. The van der Waals surface area contributed by atoms with Crippen molar-refractivity contribution in [3.05, 3.63) is 40.0 Å². The average molecular weight is 267 g/mol. The van der Waals surface area contributed by atoms with Crippen LogP contribution in [0.1, 0.15) is 35.6 Å². The SMILES string of the molecule is CCC(=Cc1cc(C)c(C)cc1C)CBr. The maximum absolute atomic E-state index is 3.52. The lowest BCUT2D eigenvalue weighted by Gasteiger charge is -2.08. The van der Waals surface area contributed by atoms with E-state index in [2.05, 4.69) is 61.8 Å². The minimum Gasteiger partial charge on any atom is -0.0880 e. The van der Waals surface area contributed by atoms with Gasteiger partial charge in [-0.15, -0.1) is 0 Å². The molecule has 0 spiro atoms. The molecular formula is C14H19Br. The molecule has 0 nitrogen and oxygen atoms in total. The topological polar surface area (TPSA) is 0 Å². The zero-order valence-corrected chi connectivity index (χ0v) is 11.6. The molecule has 0 amide bonds. The minimum atomic E-state index is 0.968. The van der Waals surface area contributed by atoms with Gasteiger partial charge < -0.3 is 0 Å². The molecule has 0 heterocycles. The van der Waals surface area contributed by atoms with Gasteiger partial charge in [-0.25, -0.2) is 0 Å². The first-order chi connectivity index (χ1) is 7.08. The second kappa shape index (κ2) is 5.50. The molecule has 0 atom stereocenters. The van der Waals surface area contributed by atoms with Crippen LogP contribution in [-0.2, 0) is 0 Å². The molecule has 0 aliphatic rings. The Balaban J connectivity index is 3.15. The molecule has 0 saturated heterocycles. The van der Waals surface area contributed by atoms with E-state index in [1.54, 1.807) is 0 Å². The van der Waals surface area contributed by atoms with Gasteiger partial charge in [-0.05, 0) is 49.4 Å². The van der Waals surface area contributed by atoms with Crippen molar-refractivity contribution in [1.82, 2.24) is 0 Å². The third-order valence-corrected chi connectivity index (χ3v) is 3.59. The second-order valence-corrected chi connectivity index (χ2v) is 4.64. The van der Waals surface area contributed by atoms with Crippen LogP contribution in [0.15, 0.2) is 17.7 Å². The molecular weight excluding hydrogens is 248 g/mol. The van der Waals surface area contributed by atoms with E-state index in [1.807, 2.05) is 0 Å². The Morgan fingerprint density at radius 1 is 1.13 bits per heavy atom. The number of hydrogen-bond acceptors (Lipinski definition) is 0. The summed E-state index contributed by atoms with van der Waals surface area (Å²) in [4.78, 5) is 0. The smallest absolute Gasteiger partial charge is 0.0245 e. The maximum Gasteiger partial charge on any atom is 0.0245 e. The largest absolute Gasteiger partial charge is 0.0880 e. The number of rotatable bonds is 3. The Bertz CT molecular complexity index is 369. The Morgan fingerprint density at radius 3 is 2.27 bits per heavy atom. The van der Waals surface area contributed by atoms with Crippen molar-refractivity contribution < 1.29 is 0 Å². The van der Waals surface area contributed by atoms with Crippen LogP contribution in [0.2, 0.25) is 0 Å². The van der Waals surface area contributed by atoms with E-state index in [1.165, 1.54) is 27.8 Å². The average Bonchev–Trinajstić information content (AvgIpc) is 2.21. The van der Waals surface area contributed by atoms with Gasteiger partial charge in [-0.1, -0.05) is 46.6 Å². The quantitative estimate of drug-likeness (QED) is 0.690. The molecule has 0 aliphatic carbocycles. The van der Waals surface area contributed by atoms with Gasteiger partial charge in [0.15, 0.2) is 0 Å². The molecule has 0 N–H and O–H groups in total. The molecule has 0 unspecified atom stereocenters. The van der Waals surface area contributed by atoms with Crippen LogP contribution >= 0.6 is 15.9 Å². The molecule has 1 aromatic rings. The molecule has 15 heavy (non-hydrogen) atoms. The van der Waals surface area contributed by atoms with E-state index in [4.69, 9.17) is 0 Å². The molecule has 0 aromatic heterocycles. The second-order valence-electron chi connectivity index (χ2n) is 4.08. The van der Waals surface area contributed by atoms with Crippen LogP contribution in [0, 0.1) is 20.8 Å². The zero-order valence-electron chi connectivity index (χ0n) is 10.0. The summed E-state index contributed by atoms with van der Waals surface area (Å²) >= 11 is 3.52. The minimum absolute atomic E-state index is 0.968. The van der Waals surface area contributed by atoms with Gasteiger partial charge in [0.1, 0.15) is 0 Å². The Kier molecular flexibility index (Phi) is 4.59. The van der Waals surface area contributed by atoms with Gasteiger partial charge in [0, 0.05) is 5.33 Å². The lowest BCUT2D eigenvalue weighted by atomic mass is 9.99. The molecule has 0 bridgehead atoms. The van der Waals surface area contributed by atoms with Crippen molar-refractivity contribution in [2.24, 2.45) is 0 Å². The highest BCUT2D eigenvalue weighted by Gasteiger charge is 2.00. The predicted octanol–water partition coefficient (Wildman–Crippen LogP) is 4.80. The first-order valence-corrected chi connectivity index (χ1v) is 6.53. The number of halogens is 1. The summed E-state index contributed by atoms with van der Waals surface area (Å²) < 4.78 is 0. The fourth-order valence-electron chi connectivity index (χ4n) is 1.59. The van der Waals surface area contributed by atoms with Gasteiger partial charge in [-0.2, -0.15) is 0 Å². The summed E-state index contributed by atoms with van der Waals surface area (Å²) in [6.07, 6.45) is 3.41. The van der Waals surface area contributed by atoms with Crippen LogP contribution in [0.3, 0.4) is 0 Å². The third kappa shape index (κ3) is 3.20. The number of aryl methyl sites for hydroxylation is 3. The summed E-state index contributed by atoms with van der Waals surface area (Å²) in [6, 6.07) is 4.55. The summed E-state index contributed by atoms with van der Waals surface area (Å²) in [6.45, 7) is 8.72. The van der Waals surface area contributed by atoms with Crippen molar-refractivity contribution in [2.75, 3.05) is 5.33 Å².